The van der Waals surface area contributed by atoms with Gasteiger partial charge in [-0.3, -0.25) is 14.9 Å². The van der Waals surface area contributed by atoms with E-state index in [-0.39, 0.29) is 18.2 Å². The van der Waals surface area contributed by atoms with Crippen molar-refractivity contribution < 1.29 is 19.1 Å². The van der Waals surface area contributed by atoms with Crippen LogP contribution in [0, 0.1) is 0 Å². The Morgan fingerprint density at radius 2 is 1.96 bits per heavy atom. The molecule has 2 N–H and O–H groups in total. The van der Waals surface area contributed by atoms with Crippen molar-refractivity contribution in [3.05, 3.63) is 18.2 Å². The fourth-order valence-electron chi connectivity index (χ4n) is 3.51. The summed E-state index contributed by atoms with van der Waals surface area (Å²) in [5.74, 6) is 1.26. The second-order valence-electron chi connectivity index (χ2n) is 6.99. The minimum absolute atomic E-state index is 0.0365. The number of nitrogens with one attached hydrogen (secondary N) is 2. The minimum atomic E-state index is -0.749. The Balaban J connectivity index is 1.43. The van der Waals surface area contributed by atoms with Crippen LogP contribution in [-0.4, -0.2) is 79.6 Å². The monoisotopic (exact) mass is 387 g/mol. The normalized spacial score (nSPS) is 22.3. The predicted molar refractivity (Wildman–Crippen MR) is 104 cm³/mol. The number of benzene rings is 1. The van der Waals surface area contributed by atoms with Gasteiger partial charge in [0.15, 0.2) is 11.5 Å². The second kappa shape index (κ2) is 8.05. The number of anilines is 1. The maximum Gasteiger partial charge on any atom is 0.249 e. The van der Waals surface area contributed by atoms with Crippen molar-refractivity contribution in [2.24, 2.45) is 4.99 Å². The largest absolute Gasteiger partial charge is 0.486 e. The van der Waals surface area contributed by atoms with Crippen LogP contribution in [0.1, 0.15) is 13.3 Å². The predicted octanol–water partition coefficient (Wildman–Crippen LogP) is 0.278. The zero-order valence-electron chi connectivity index (χ0n) is 15.9. The molecule has 4 rings (SSSR count). The van der Waals surface area contributed by atoms with Gasteiger partial charge in [0.1, 0.15) is 19.3 Å². The van der Waals surface area contributed by atoms with Gasteiger partial charge in [0.25, 0.3) is 0 Å². The average molecular weight is 387 g/mol. The molecule has 9 heteroatoms. The molecule has 0 aromatic heterocycles. The lowest BCUT2D eigenvalue weighted by Crippen LogP contribution is -2.56. The van der Waals surface area contributed by atoms with E-state index in [0.717, 1.165) is 32.7 Å². The van der Waals surface area contributed by atoms with E-state index in [1.165, 1.54) is 0 Å². The van der Waals surface area contributed by atoms with E-state index in [1.807, 2.05) is 4.90 Å². The summed E-state index contributed by atoms with van der Waals surface area (Å²) < 4.78 is 11.0. The van der Waals surface area contributed by atoms with E-state index in [2.05, 4.69) is 27.4 Å². The van der Waals surface area contributed by atoms with E-state index < -0.39 is 6.04 Å². The van der Waals surface area contributed by atoms with Crippen LogP contribution < -0.4 is 20.1 Å². The fraction of sp³-hybridized carbons (Fsp3) is 0.526. The van der Waals surface area contributed by atoms with E-state index in [9.17, 15) is 9.59 Å². The Kier molecular flexibility index (Phi) is 5.34. The smallest absolute Gasteiger partial charge is 0.249 e. The second-order valence-corrected chi connectivity index (χ2v) is 6.99. The number of rotatable bonds is 3. The first-order valence-electron chi connectivity index (χ1n) is 9.68. The number of amides is 2. The maximum atomic E-state index is 12.7. The molecule has 9 nitrogen and oxygen atoms in total. The van der Waals surface area contributed by atoms with Gasteiger partial charge in [-0.15, -0.1) is 0 Å². The van der Waals surface area contributed by atoms with Crippen LogP contribution in [0.2, 0.25) is 0 Å². The molecule has 28 heavy (non-hydrogen) atoms. The summed E-state index contributed by atoms with van der Waals surface area (Å²) in [5, 5.41) is 5.64. The first kappa shape index (κ1) is 18.5. The summed E-state index contributed by atoms with van der Waals surface area (Å²) in [7, 11) is 0. The van der Waals surface area contributed by atoms with Gasteiger partial charge in [0.2, 0.25) is 17.8 Å². The number of carbonyl (C=O) groups excluding carboxylic acids is 2. The number of hydrogen-bond donors (Lipinski definition) is 2. The summed E-state index contributed by atoms with van der Waals surface area (Å²) in [5.41, 5.74) is 0.591. The van der Waals surface area contributed by atoms with Gasteiger partial charge in [-0.2, -0.15) is 0 Å². The highest BCUT2D eigenvalue weighted by Gasteiger charge is 2.30. The summed E-state index contributed by atoms with van der Waals surface area (Å²) in [6.45, 7) is 7.53. The van der Waals surface area contributed by atoms with E-state index >= 15 is 0 Å². The molecule has 1 saturated heterocycles. The van der Waals surface area contributed by atoms with E-state index in [1.54, 1.807) is 18.2 Å². The van der Waals surface area contributed by atoms with Crippen molar-refractivity contribution in [3.8, 4) is 11.5 Å². The fourth-order valence-corrected chi connectivity index (χ4v) is 3.51. The first-order valence-corrected chi connectivity index (χ1v) is 9.68. The number of aliphatic imine (C=N–C) groups is 1. The third-order valence-corrected chi connectivity index (χ3v) is 5.14. The summed E-state index contributed by atoms with van der Waals surface area (Å²) in [6, 6.07) is 4.49. The molecule has 3 aliphatic heterocycles. The molecular formula is C19H25N5O4. The van der Waals surface area contributed by atoms with Crippen LogP contribution in [0.15, 0.2) is 23.2 Å². The van der Waals surface area contributed by atoms with Gasteiger partial charge in [0, 0.05) is 37.9 Å². The number of carbonyl (C=O) groups is 2. The highest BCUT2D eigenvalue weighted by atomic mass is 16.6. The quantitative estimate of drug-likeness (QED) is 0.774. The van der Waals surface area contributed by atoms with E-state index in [4.69, 9.17) is 9.47 Å². The molecule has 150 valence electrons. The molecule has 1 aromatic rings. The molecule has 0 unspecified atom stereocenters. The maximum absolute atomic E-state index is 12.7. The van der Waals surface area contributed by atoms with Crippen LogP contribution in [0.3, 0.4) is 0 Å². The van der Waals surface area contributed by atoms with Crippen molar-refractivity contribution in [2.45, 2.75) is 19.4 Å². The number of nitrogens with zero attached hydrogens (tertiary/aromatic N) is 3. The molecule has 3 aliphatic rings. The lowest BCUT2D eigenvalue weighted by atomic mass is 10.1. The number of piperazine rings is 1. The van der Waals surface area contributed by atoms with Crippen molar-refractivity contribution in [3.63, 3.8) is 0 Å². The highest BCUT2D eigenvalue weighted by Crippen LogP contribution is 2.32. The molecule has 1 aromatic carbocycles. The number of guanidine groups is 1. The van der Waals surface area contributed by atoms with Gasteiger partial charge in [-0.1, -0.05) is 6.92 Å². The molecule has 1 fully saturated rings. The summed E-state index contributed by atoms with van der Waals surface area (Å²) in [6.07, 6.45) is 0.0365. The molecular weight excluding hydrogens is 362 g/mol. The molecule has 0 bridgehead atoms. The van der Waals surface area contributed by atoms with Gasteiger partial charge < -0.3 is 24.6 Å². The third-order valence-electron chi connectivity index (χ3n) is 5.14. The van der Waals surface area contributed by atoms with Gasteiger partial charge in [0.05, 0.1) is 6.42 Å². The number of ether oxygens (including phenoxy) is 2. The van der Waals surface area contributed by atoms with Gasteiger partial charge >= 0.3 is 0 Å². The number of fused-ring (bicyclic) bond motifs is 1. The lowest BCUT2D eigenvalue weighted by Gasteiger charge is -2.37. The van der Waals surface area contributed by atoms with Crippen molar-refractivity contribution in [1.82, 2.24) is 15.1 Å². The standard InChI is InChI=1S/C19H25N5O4/c1-2-23-5-7-24(8-6-23)19-21-14(12-17(25)22-19)18(26)20-13-3-4-15-16(11-13)28-10-9-27-15/h3-4,11,14H,2,5-10,12H2,1H3,(H,20,26)(H,21,22,25)/t14-/m0/s1. The Hall–Kier alpha value is -2.81. The molecule has 1 atom stereocenters. The summed E-state index contributed by atoms with van der Waals surface area (Å²) >= 11 is 0. The molecule has 3 heterocycles. The number of hydrogen-bond acceptors (Lipinski definition) is 7. The first-order chi connectivity index (χ1) is 13.6. The molecule has 0 aliphatic carbocycles. The molecule has 0 spiro atoms. The number of likely N-dealkylation sites (N-methyl/N-ethyl adjacent to an activating group) is 1. The Labute approximate surface area is 163 Å². The Morgan fingerprint density at radius 1 is 1.21 bits per heavy atom. The van der Waals surface area contributed by atoms with Crippen molar-refractivity contribution >= 4 is 23.5 Å². The molecule has 0 radical (unpaired) electrons. The Bertz CT molecular complexity index is 789. The SMILES string of the molecule is CCN1CCN(C2=N[C@H](C(=O)Nc3ccc4c(c3)OCCO4)CC(=O)N2)CC1. The van der Waals surface area contributed by atoms with Crippen LogP contribution in [0.5, 0.6) is 11.5 Å². The van der Waals surface area contributed by atoms with Crippen LogP contribution in [0.25, 0.3) is 0 Å². The third kappa shape index (κ3) is 4.04. The molecule has 0 saturated carbocycles. The van der Waals surface area contributed by atoms with Crippen LogP contribution in [-0.2, 0) is 9.59 Å². The van der Waals surface area contributed by atoms with Crippen molar-refractivity contribution in [1.29, 1.82) is 0 Å². The zero-order chi connectivity index (χ0) is 19.5. The average Bonchev–Trinajstić information content (AvgIpc) is 2.73. The van der Waals surface area contributed by atoms with Gasteiger partial charge in [-0.25, -0.2) is 4.99 Å². The lowest BCUT2D eigenvalue weighted by molar-refractivity contribution is -0.125. The summed E-state index contributed by atoms with van der Waals surface area (Å²) in [4.78, 5) is 33.8. The van der Waals surface area contributed by atoms with Gasteiger partial charge in [-0.05, 0) is 18.7 Å². The minimum Gasteiger partial charge on any atom is -0.486 e. The van der Waals surface area contributed by atoms with E-state index in [0.29, 0.717) is 36.4 Å². The zero-order valence-corrected chi connectivity index (χ0v) is 15.9. The van der Waals surface area contributed by atoms with Crippen LogP contribution in [0.4, 0.5) is 5.69 Å². The molecule has 2 amide bonds. The van der Waals surface area contributed by atoms with Crippen molar-refractivity contribution in [2.75, 3.05) is 51.3 Å². The Morgan fingerprint density at radius 3 is 2.71 bits per heavy atom. The highest BCUT2D eigenvalue weighted by molar-refractivity contribution is 6.06. The topological polar surface area (TPSA) is 95.5 Å². The van der Waals surface area contributed by atoms with Crippen LogP contribution >= 0.6 is 0 Å².